The predicted octanol–water partition coefficient (Wildman–Crippen LogP) is 1.61. The maximum Gasteiger partial charge on any atom is 0.240 e. The maximum atomic E-state index is 11.7. The van der Waals surface area contributed by atoms with Gasteiger partial charge in [0.2, 0.25) is 10.0 Å². The molecular formula is C9H13ClN2O2S. The van der Waals surface area contributed by atoms with Crippen molar-refractivity contribution >= 4 is 27.3 Å². The Kier molecular flexibility index (Phi) is 3.59. The van der Waals surface area contributed by atoms with E-state index in [2.05, 4.69) is 4.72 Å². The summed E-state index contributed by atoms with van der Waals surface area (Å²) in [5.41, 5.74) is 5.85. The van der Waals surface area contributed by atoms with E-state index in [0.29, 0.717) is 5.69 Å². The van der Waals surface area contributed by atoms with Crippen molar-refractivity contribution in [1.82, 2.24) is 4.72 Å². The Morgan fingerprint density at radius 2 is 2.00 bits per heavy atom. The molecule has 1 rings (SSSR count). The number of rotatable bonds is 3. The molecule has 0 radical (unpaired) electrons. The van der Waals surface area contributed by atoms with Gasteiger partial charge in [0.1, 0.15) is 0 Å². The first kappa shape index (κ1) is 12.3. The molecule has 0 aliphatic carbocycles. The van der Waals surface area contributed by atoms with E-state index < -0.39 is 10.0 Å². The molecule has 84 valence electrons. The van der Waals surface area contributed by atoms with E-state index in [9.17, 15) is 8.42 Å². The summed E-state index contributed by atoms with van der Waals surface area (Å²) >= 11 is 5.74. The highest BCUT2D eigenvalue weighted by Crippen LogP contribution is 2.22. The average Bonchev–Trinajstić information content (AvgIpc) is 2.07. The molecular weight excluding hydrogens is 236 g/mol. The molecule has 0 fully saturated rings. The number of halogens is 1. The Morgan fingerprint density at radius 3 is 2.47 bits per heavy atom. The number of anilines is 1. The van der Waals surface area contributed by atoms with Gasteiger partial charge in [-0.25, -0.2) is 13.1 Å². The van der Waals surface area contributed by atoms with E-state index in [-0.39, 0.29) is 16.0 Å². The zero-order valence-electron chi connectivity index (χ0n) is 8.49. The Labute approximate surface area is 94.5 Å². The second-order valence-corrected chi connectivity index (χ2v) is 5.58. The molecule has 0 aliphatic rings. The van der Waals surface area contributed by atoms with Crippen LogP contribution in [-0.4, -0.2) is 14.5 Å². The Balaban J connectivity index is 3.11. The summed E-state index contributed by atoms with van der Waals surface area (Å²) in [5.74, 6) is 0. The molecule has 0 amide bonds. The van der Waals surface area contributed by atoms with Crippen molar-refractivity contribution in [2.75, 3.05) is 5.73 Å². The third kappa shape index (κ3) is 3.09. The number of nitrogens with one attached hydrogen (secondary N) is 1. The highest BCUT2D eigenvalue weighted by molar-refractivity contribution is 7.89. The van der Waals surface area contributed by atoms with E-state index >= 15 is 0 Å². The van der Waals surface area contributed by atoms with Crippen LogP contribution < -0.4 is 10.5 Å². The van der Waals surface area contributed by atoms with Crippen molar-refractivity contribution in [3.8, 4) is 0 Å². The third-order valence-electron chi connectivity index (χ3n) is 1.67. The normalized spacial score (nSPS) is 12.0. The average molecular weight is 249 g/mol. The Hall–Kier alpha value is -0.780. The minimum atomic E-state index is -3.49. The van der Waals surface area contributed by atoms with Gasteiger partial charge in [0, 0.05) is 6.04 Å². The van der Waals surface area contributed by atoms with Crippen molar-refractivity contribution < 1.29 is 8.42 Å². The molecule has 0 aromatic heterocycles. The summed E-state index contributed by atoms with van der Waals surface area (Å²) in [6, 6.07) is 4.07. The first-order chi connectivity index (χ1) is 6.83. The van der Waals surface area contributed by atoms with E-state index in [1.54, 1.807) is 13.8 Å². The van der Waals surface area contributed by atoms with Crippen LogP contribution in [0.2, 0.25) is 5.02 Å². The van der Waals surface area contributed by atoms with Crippen LogP contribution in [0.3, 0.4) is 0 Å². The number of benzene rings is 1. The molecule has 0 unspecified atom stereocenters. The van der Waals surface area contributed by atoms with Crippen LogP contribution in [0, 0.1) is 0 Å². The smallest absolute Gasteiger partial charge is 0.240 e. The van der Waals surface area contributed by atoms with Crippen LogP contribution in [0.25, 0.3) is 0 Å². The molecule has 4 nitrogen and oxygen atoms in total. The molecule has 6 heteroatoms. The molecule has 0 atom stereocenters. The van der Waals surface area contributed by atoms with Crippen LogP contribution in [0.5, 0.6) is 0 Å². The van der Waals surface area contributed by atoms with E-state index in [4.69, 9.17) is 17.3 Å². The highest BCUT2D eigenvalue weighted by Gasteiger charge is 2.15. The fourth-order valence-electron chi connectivity index (χ4n) is 1.05. The Morgan fingerprint density at radius 1 is 1.40 bits per heavy atom. The monoisotopic (exact) mass is 248 g/mol. The third-order valence-corrected chi connectivity index (χ3v) is 3.66. The molecule has 0 heterocycles. The molecule has 3 N–H and O–H groups in total. The molecule has 0 saturated heterocycles. The van der Waals surface area contributed by atoms with Gasteiger partial charge in [0.25, 0.3) is 0 Å². The maximum absolute atomic E-state index is 11.7. The van der Waals surface area contributed by atoms with Gasteiger partial charge in [0.05, 0.1) is 15.6 Å². The lowest BCUT2D eigenvalue weighted by Crippen LogP contribution is -2.30. The van der Waals surface area contributed by atoms with Crippen molar-refractivity contribution in [2.45, 2.75) is 24.8 Å². The lowest BCUT2D eigenvalue weighted by molar-refractivity contribution is 0.570. The summed E-state index contributed by atoms with van der Waals surface area (Å²) in [6.45, 7) is 3.49. The van der Waals surface area contributed by atoms with Crippen molar-refractivity contribution in [1.29, 1.82) is 0 Å². The summed E-state index contributed by atoms with van der Waals surface area (Å²) in [5, 5.41) is 0.238. The zero-order valence-corrected chi connectivity index (χ0v) is 10.1. The van der Waals surface area contributed by atoms with Crippen LogP contribution >= 0.6 is 11.6 Å². The molecule has 0 bridgehead atoms. The molecule has 0 saturated carbocycles. The van der Waals surface area contributed by atoms with E-state index in [0.717, 1.165) is 0 Å². The van der Waals surface area contributed by atoms with Crippen LogP contribution in [-0.2, 0) is 10.0 Å². The topological polar surface area (TPSA) is 72.2 Å². The van der Waals surface area contributed by atoms with Gasteiger partial charge in [0.15, 0.2) is 0 Å². The molecule has 0 spiro atoms. The second kappa shape index (κ2) is 4.38. The summed E-state index contributed by atoms with van der Waals surface area (Å²) in [6.07, 6.45) is 0. The van der Waals surface area contributed by atoms with Gasteiger partial charge >= 0.3 is 0 Å². The summed E-state index contributed by atoms with van der Waals surface area (Å²) in [7, 11) is -3.49. The largest absolute Gasteiger partial charge is 0.398 e. The standard InChI is InChI=1S/C9H13ClN2O2S/c1-6(2)12-15(13,14)7-3-4-9(11)8(10)5-7/h3-6,12H,11H2,1-2H3. The predicted molar refractivity (Wildman–Crippen MR) is 61.3 cm³/mol. The lowest BCUT2D eigenvalue weighted by Gasteiger charge is -2.10. The first-order valence-corrected chi connectivity index (χ1v) is 6.26. The fraction of sp³-hybridized carbons (Fsp3) is 0.333. The van der Waals surface area contributed by atoms with Gasteiger partial charge in [-0.05, 0) is 32.0 Å². The summed E-state index contributed by atoms with van der Waals surface area (Å²) in [4.78, 5) is 0.121. The second-order valence-electron chi connectivity index (χ2n) is 3.46. The Bertz CT molecular complexity index is 457. The molecule has 0 aliphatic heterocycles. The van der Waals surface area contributed by atoms with Gasteiger partial charge < -0.3 is 5.73 Å². The SMILES string of the molecule is CC(C)NS(=O)(=O)c1ccc(N)c(Cl)c1. The van der Waals surface area contributed by atoms with E-state index in [1.165, 1.54) is 18.2 Å². The van der Waals surface area contributed by atoms with Crippen LogP contribution in [0.15, 0.2) is 23.1 Å². The summed E-state index contributed by atoms with van der Waals surface area (Å²) < 4.78 is 25.8. The van der Waals surface area contributed by atoms with Crippen LogP contribution in [0.1, 0.15) is 13.8 Å². The number of nitrogens with two attached hydrogens (primary N) is 1. The minimum absolute atomic E-state index is 0.121. The number of hydrogen-bond donors (Lipinski definition) is 2. The number of sulfonamides is 1. The highest BCUT2D eigenvalue weighted by atomic mass is 35.5. The molecule has 1 aromatic rings. The quantitative estimate of drug-likeness (QED) is 0.799. The number of nitrogen functional groups attached to an aromatic ring is 1. The van der Waals surface area contributed by atoms with Crippen molar-refractivity contribution in [3.05, 3.63) is 23.2 Å². The number of hydrogen-bond acceptors (Lipinski definition) is 3. The molecule has 1 aromatic carbocycles. The zero-order chi connectivity index (χ0) is 11.6. The van der Waals surface area contributed by atoms with Gasteiger partial charge in [-0.2, -0.15) is 0 Å². The van der Waals surface area contributed by atoms with Crippen molar-refractivity contribution in [3.63, 3.8) is 0 Å². The first-order valence-electron chi connectivity index (χ1n) is 4.40. The van der Waals surface area contributed by atoms with Gasteiger partial charge in [-0.3, -0.25) is 0 Å². The van der Waals surface area contributed by atoms with Gasteiger partial charge in [-0.1, -0.05) is 11.6 Å². The minimum Gasteiger partial charge on any atom is -0.398 e. The lowest BCUT2D eigenvalue weighted by atomic mass is 10.3. The van der Waals surface area contributed by atoms with Crippen LogP contribution in [0.4, 0.5) is 5.69 Å². The molecule has 15 heavy (non-hydrogen) atoms. The van der Waals surface area contributed by atoms with Gasteiger partial charge in [-0.15, -0.1) is 0 Å². The fourth-order valence-corrected chi connectivity index (χ4v) is 2.58. The van der Waals surface area contributed by atoms with Crippen molar-refractivity contribution in [2.24, 2.45) is 0 Å². The van der Waals surface area contributed by atoms with E-state index in [1.807, 2.05) is 0 Å².